The van der Waals surface area contributed by atoms with Crippen LogP contribution in [0.2, 0.25) is 0 Å². The highest BCUT2D eigenvalue weighted by atomic mass is 14.9. The van der Waals surface area contributed by atoms with E-state index >= 15 is 0 Å². The predicted molar refractivity (Wildman–Crippen MR) is 41.3 cm³/mol. The molecule has 9 heavy (non-hydrogen) atoms. The van der Waals surface area contributed by atoms with Crippen LogP contribution in [-0.2, 0) is 0 Å². The molecule has 0 radical (unpaired) electrons. The Morgan fingerprint density at radius 2 is 1.67 bits per heavy atom. The van der Waals surface area contributed by atoms with E-state index in [2.05, 4.69) is 19.2 Å². The second-order valence-electron chi connectivity index (χ2n) is 2.92. The van der Waals surface area contributed by atoms with Gasteiger partial charge in [-0.25, -0.2) is 0 Å². The normalized spacial score (nSPS) is 18.0. The van der Waals surface area contributed by atoms with E-state index in [-0.39, 0.29) is 6.04 Å². The third-order valence-electron chi connectivity index (χ3n) is 1.62. The Labute approximate surface area is 57.8 Å². The van der Waals surface area contributed by atoms with Crippen molar-refractivity contribution in [3.05, 3.63) is 0 Å². The predicted octanol–water partition coefficient (Wildman–Crippen LogP) is 0.578. The monoisotopic (exact) mass is 130 g/mol. The van der Waals surface area contributed by atoms with Crippen LogP contribution in [0.15, 0.2) is 0 Å². The Bertz CT molecular complexity index is 61.3. The fourth-order valence-electron chi connectivity index (χ4n) is 1.20. The summed E-state index contributed by atoms with van der Waals surface area (Å²) in [4.78, 5) is 0. The van der Waals surface area contributed by atoms with Crippen LogP contribution in [0.1, 0.15) is 20.8 Å². The zero-order valence-corrected chi connectivity index (χ0v) is 6.81. The van der Waals surface area contributed by atoms with Crippen LogP contribution in [-0.4, -0.2) is 19.1 Å². The van der Waals surface area contributed by atoms with E-state index in [4.69, 9.17) is 5.73 Å². The third kappa shape index (κ3) is 2.82. The number of hydrogen-bond donors (Lipinski definition) is 2. The van der Waals surface area contributed by atoms with E-state index in [0.29, 0.717) is 12.0 Å². The molecule has 0 aliphatic heterocycles. The summed E-state index contributed by atoms with van der Waals surface area (Å²) < 4.78 is 0. The van der Waals surface area contributed by atoms with Gasteiger partial charge in [-0.05, 0) is 19.9 Å². The SMILES string of the molecule is CNC(C(C)C)C(C)N. The molecule has 0 saturated carbocycles. The van der Waals surface area contributed by atoms with Crippen LogP contribution < -0.4 is 11.1 Å². The third-order valence-corrected chi connectivity index (χ3v) is 1.62. The van der Waals surface area contributed by atoms with Crippen molar-refractivity contribution in [2.24, 2.45) is 11.7 Å². The molecule has 2 nitrogen and oxygen atoms in total. The van der Waals surface area contributed by atoms with Crippen molar-refractivity contribution in [2.45, 2.75) is 32.9 Å². The van der Waals surface area contributed by atoms with E-state index in [9.17, 15) is 0 Å². The van der Waals surface area contributed by atoms with E-state index in [0.717, 1.165) is 0 Å². The molecule has 0 aromatic heterocycles. The highest BCUT2D eigenvalue weighted by Gasteiger charge is 2.13. The molecule has 2 unspecified atom stereocenters. The highest BCUT2D eigenvalue weighted by Crippen LogP contribution is 2.02. The molecule has 0 spiro atoms. The number of likely N-dealkylation sites (N-methyl/N-ethyl adjacent to an activating group) is 1. The quantitative estimate of drug-likeness (QED) is 0.586. The van der Waals surface area contributed by atoms with Crippen molar-refractivity contribution in [2.75, 3.05) is 7.05 Å². The summed E-state index contributed by atoms with van der Waals surface area (Å²) in [6.07, 6.45) is 0. The smallest absolute Gasteiger partial charge is 0.0236 e. The molecule has 2 atom stereocenters. The van der Waals surface area contributed by atoms with Crippen molar-refractivity contribution in [3.8, 4) is 0 Å². The molecule has 0 aromatic carbocycles. The minimum Gasteiger partial charge on any atom is -0.327 e. The average Bonchev–Trinajstić information content (AvgIpc) is 1.64. The summed E-state index contributed by atoms with van der Waals surface area (Å²) in [5.74, 6) is 0.620. The number of hydrogen-bond acceptors (Lipinski definition) is 2. The Balaban J connectivity index is 3.68. The van der Waals surface area contributed by atoms with Crippen molar-refractivity contribution in [1.29, 1.82) is 0 Å². The zero-order valence-electron chi connectivity index (χ0n) is 6.81. The molecule has 0 aromatic rings. The fraction of sp³-hybridized carbons (Fsp3) is 1.00. The van der Waals surface area contributed by atoms with Gasteiger partial charge in [-0.2, -0.15) is 0 Å². The van der Waals surface area contributed by atoms with Crippen molar-refractivity contribution < 1.29 is 0 Å². The molecule has 0 aliphatic carbocycles. The minimum atomic E-state index is 0.245. The maximum absolute atomic E-state index is 5.69. The van der Waals surface area contributed by atoms with Gasteiger partial charge >= 0.3 is 0 Å². The molecule has 0 bridgehead atoms. The number of nitrogens with one attached hydrogen (secondary N) is 1. The summed E-state index contributed by atoms with van der Waals surface area (Å²) in [5, 5.41) is 3.18. The summed E-state index contributed by atoms with van der Waals surface area (Å²) in [7, 11) is 1.95. The van der Waals surface area contributed by atoms with Gasteiger partial charge in [0, 0.05) is 12.1 Å². The molecular weight excluding hydrogens is 112 g/mol. The molecule has 0 amide bonds. The molecule has 56 valence electrons. The largest absolute Gasteiger partial charge is 0.327 e. The average molecular weight is 130 g/mol. The lowest BCUT2D eigenvalue weighted by atomic mass is 9.99. The van der Waals surface area contributed by atoms with Gasteiger partial charge in [0.15, 0.2) is 0 Å². The van der Waals surface area contributed by atoms with Gasteiger partial charge in [-0.3, -0.25) is 0 Å². The molecular formula is C7H18N2. The molecule has 0 aliphatic rings. The van der Waals surface area contributed by atoms with Crippen molar-refractivity contribution >= 4 is 0 Å². The van der Waals surface area contributed by atoms with Crippen LogP contribution in [0.25, 0.3) is 0 Å². The van der Waals surface area contributed by atoms with E-state index < -0.39 is 0 Å². The number of nitrogens with two attached hydrogens (primary N) is 1. The van der Waals surface area contributed by atoms with Crippen LogP contribution in [0.4, 0.5) is 0 Å². The fourth-order valence-corrected chi connectivity index (χ4v) is 1.20. The van der Waals surface area contributed by atoms with Gasteiger partial charge in [-0.1, -0.05) is 13.8 Å². The van der Waals surface area contributed by atoms with Gasteiger partial charge in [0.2, 0.25) is 0 Å². The van der Waals surface area contributed by atoms with Gasteiger partial charge in [-0.15, -0.1) is 0 Å². The maximum Gasteiger partial charge on any atom is 0.0236 e. The maximum atomic E-state index is 5.69. The van der Waals surface area contributed by atoms with Crippen LogP contribution >= 0.6 is 0 Å². The Morgan fingerprint density at radius 3 is 1.67 bits per heavy atom. The van der Waals surface area contributed by atoms with Gasteiger partial charge in [0.1, 0.15) is 0 Å². The van der Waals surface area contributed by atoms with Crippen molar-refractivity contribution in [3.63, 3.8) is 0 Å². The first-order chi connectivity index (χ1) is 4.09. The van der Waals surface area contributed by atoms with Crippen LogP contribution in [0, 0.1) is 5.92 Å². The summed E-state index contributed by atoms with van der Waals surface area (Å²) in [5.41, 5.74) is 5.69. The second-order valence-corrected chi connectivity index (χ2v) is 2.92. The first kappa shape index (κ1) is 8.92. The van der Waals surface area contributed by atoms with Crippen LogP contribution in [0.5, 0.6) is 0 Å². The molecule has 0 rings (SSSR count). The first-order valence-corrected chi connectivity index (χ1v) is 3.52. The van der Waals surface area contributed by atoms with Gasteiger partial charge in [0.25, 0.3) is 0 Å². The van der Waals surface area contributed by atoms with Gasteiger partial charge in [0.05, 0.1) is 0 Å². The van der Waals surface area contributed by atoms with Crippen molar-refractivity contribution in [1.82, 2.24) is 5.32 Å². The topological polar surface area (TPSA) is 38.0 Å². The second kappa shape index (κ2) is 3.85. The molecule has 0 heterocycles. The highest BCUT2D eigenvalue weighted by molar-refractivity contribution is 4.76. The minimum absolute atomic E-state index is 0.245. The summed E-state index contributed by atoms with van der Waals surface area (Å²) >= 11 is 0. The van der Waals surface area contributed by atoms with E-state index in [1.165, 1.54) is 0 Å². The Kier molecular flexibility index (Phi) is 3.82. The number of rotatable bonds is 3. The lowest BCUT2D eigenvalue weighted by Gasteiger charge is -2.23. The molecule has 3 N–H and O–H groups in total. The Morgan fingerprint density at radius 1 is 1.22 bits per heavy atom. The first-order valence-electron chi connectivity index (χ1n) is 3.52. The van der Waals surface area contributed by atoms with E-state index in [1.807, 2.05) is 14.0 Å². The lowest BCUT2D eigenvalue weighted by molar-refractivity contribution is 0.376. The zero-order chi connectivity index (χ0) is 7.44. The Hall–Kier alpha value is -0.0800. The summed E-state index contributed by atoms with van der Waals surface area (Å²) in [6.45, 7) is 6.37. The lowest BCUT2D eigenvalue weighted by Crippen LogP contribution is -2.44. The van der Waals surface area contributed by atoms with Gasteiger partial charge < -0.3 is 11.1 Å². The summed E-state index contributed by atoms with van der Waals surface area (Å²) in [6, 6.07) is 0.694. The van der Waals surface area contributed by atoms with Crippen LogP contribution in [0.3, 0.4) is 0 Å². The standard InChI is InChI=1S/C7H18N2/c1-5(2)7(9-4)6(3)8/h5-7,9H,8H2,1-4H3. The molecule has 0 fully saturated rings. The molecule has 2 heteroatoms. The van der Waals surface area contributed by atoms with E-state index in [1.54, 1.807) is 0 Å². The molecule has 0 saturated heterocycles.